The van der Waals surface area contributed by atoms with Crippen molar-refractivity contribution >= 4 is 28.8 Å². The average Bonchev–Trinajstić information content (AvgIpc) is 2.70. The van der Waals surface area contributed by atoms with Crippen LogP contribution in [-0.2, 0) is 0 Å². The Morgan fingerprint density at radius 3 is 2.68 bits per heavy atom. The van der Waals surface area contributed by atoms with Crippen molar-refractivity contribution in [2.24, 2.45) is 0 Å². The standard InChI is InChI=1S/C12H14FN3OS2/c1-6(2)17-10-5-11(9(14)4-8(10)13)19-12-16-15-7(3)18-12/h4-6H,14H2,1-3H3. The molecular weight excluding hydrogens is 285 g/mol. The van der Waals surface area contributed by atoms with Gasteiger partial charge < -0.3 is 10.5 Å². The number of anilines is 1. The molecule has 4 nitrogen and oxygen atoms in total. The molecule has 0 aliphatic carbocycles. The minimum Gasteiger partial charge on any atom is -0.488 e. The second-order valence-corrected chi connectivity index (χ2v) is 6.65. The quantitative estimate of drug-likeness (QED) is 0.875. The van der Waals surface area contributed by atoms with Gasteiger partial charge in [-0.05, 0) is 26.8 Å². The predicted molar refractivity (Wildman–Crippen MR) is 75.3 cm³/mol. The van der Waals surface area contributed by atoms with E-state index in [1.54, 1.807) is 6.07 Å². The summed E-state index contributed by atoms with van der Waals surface area (Å²) in [6, 6.07) is 2.88. The molecule has 0 saturated carbocycles. The van der Waals surface area contributed by atoms with Gasteiger partial charge in [0.2, 0.25) is 0 Å². The Morgan fingerprint density at radius 1 is 1.37 bits per heavy atom. The molecule has 1 aromatic carbocycles. The highest BCUT2D eigenvalue weighted by Crippen LogP contribution is 2.37. The lowest BCUT2D eigenvalue weighted by atomic mass is 10.3. The van der Waals surface area contributed by atoms with E-state index in [0.29, 0.717) is 10.6 Å². The summed E-state index contributed by atoms with van der Waals surface area (Å²) in [4.78, 5) is 0.716. The maximum absolute atomic E-state index is 13.7. The highest BCUT2D eigenvalue weighted by molar-refractivity contribution is 8.01. The summed E-state index contributed by atoms with van der Waals surface area (Å²) in [5.74, 6) is -0.253. The van der Waals surface area contributed by atoms with E-state index in [9.17, 15) is 4.39 Å². The van der Waals surface area contributed by atoms with Crippen LogP contribution < -0.4 is 10.5 Å². The van der Waals surface area contributed by atoms with E-state index >= 15 is 0 Å². The van der Waals surface area contributed by atoms with E-state index in [1.807, 2.05) is 20.8 Å². The monoisotopic (exact) mass is 299 g/mol. The van der Waals surface area contributed by atoms with Crippen LogP contribution in [0.25, 0.3) is 0 Å². The van der Waals surface area contributed by atoms with E-state index in [2.05, 4.69) is 10.2 Å². The topological polar surface area (TPSA) is 61.0 Å². The molecule has 2 rings (SSSR count). The zero-order chi connectivity index (χ0) is 14.0. The van der Waals surface area contributed by atoms with Crippen molar-refractivity contribution < 1.29 is 9.13 Å². The highest BCUT2D eigenvalue weighted by Gasteiger charge is 2.13. The Kier molecular flexibility index (Phi) is 4.26. The van der Waals surface area contributed by atoms with Gasteiger partial charge in [-0.2, -0.15) is 0 Å². The Labute approximate surface area is 119 Å². The molecule has 1 aromatic heterocycles. The molecule has 2 N–H and O–H groups in total. The lowest BCUT2D eigenvalue weighted by molar-refractivity contribution is 0.230. The molecule has 0 bridgehead atoms. The molecule has 0 amide bonds. The first kappa shape index (κ1) is 14.1. The van der Waals surface area contributed by atoms with E-state index in [4.69, 9.17) is 10.5 Å². The molecule has 1 heterocycles. The van der Waals surface area contributed by atoms with Crippen molar-refractivity contribution in [2.45, 2.75) is 36.1 Å². The van der Waals surface area contributed by atoms with Gasteiger partial charge in [-0.15, -0.1) is 10.2 Å². The summed E-state index contributed by atoms with van der Waals surface area (Å²) in [6.45, 7) is 5.57. The number of halogens is 1. The molecule has 0 aliphatic heterocycles. The van der Waals surface area contributed by atoms with Gasteiger partial charge in [0.25, 0.3) is 0 Å². The number of nitrogen functional groups attached to an aromatic ring is 1. The van der Waals surface area contributed by atoms with Gasteiger partial charge in [0, 0.05) is 16.6 Å². The molecule has 0 fully saturated rings. The fourth-order valence-corrected chi connectivity index (χ4v) is 3.22. The van der Waals surface area contributed by atoms with Gasteiger partial charge >= 0.3 is 0 Å². The summed E-state index contributed by atoms with van der Waals surface area (Å²) >= 11 is 2.82. The second kappa shape index (κ2) is 5.75. The van der Waals surface area contributed by atoms with Crippen LogP contribution >= 0.6 is 23.1 Å². The number of nitrogens with two attached hydrogens (primary N) is 1. The van der Waals surface area contributed by atoms with Crippen molar-refractivity contribution in [3.63, 3.8) is 0 Å². The van der Waals surface area contributed by atoms with Crippen LogP contribution in [-0.4, -0.2) is 16.3 Å². The SMILES string of the molecule is Cc1nnc(Sc2cc(OC(C)C)c(F)cc2N)s1. The number of aryl methyl sites for hydroxylation is 1. The van der Waals surface area contributed by atoms with Crippen LogP contribution in [0.4, 0.5) is 10.1 Å². The zero-order valence-corrected chi connectivity index (χ0v) is 12.4. The van der Waals surface area contributed by atoms with Gasteiger partial charge in [-0.1, -0.05) is 23.1 Å². The van der Waals surface area contributed by atoms with Crippen molar-refractivity contribution in [1.29, 1.82) is 0 Å². The number of hydrogen-bond acceptors (Lipinski definition) is 6. The molecule has 0 spiro atoms. The average molecular weight is 299 g/mol. The number of hydrogen-bond donors (Lipinski definition) is 1. The highest BCUT2D eigenvalue weighted by atomic mass is 32.2. The number of benzene rings is 1. The lowest BCUT2D eigenvalue weighted by Gasteiger charge is -2.12. The van der Waals surface area contributed by atoms with Crippen LogP contribution in [0.1, 0.15) is 18.9 Å². The predicted octanol–water partition coefficient (Wildman–Crippen LogP) is 3.51. The van der Waals surface area contributed by atoms with Gasteiger partial charge in [0.1, 0.15) is 5.01 Å². The third-order valence-electron chi connectivity index (χ3n) is 2.13. The molecule has 7 heteroatoms. The number of nitrogens with zero attached hydrogens (tertiary/aromatic N) is 2. The van der Waals surface area contributed by atoms with E-state index in [1.165, 1.54) is 29.2 Å². The first-order chi connectivity index (χ1) is 8.95. The number of ether oxygens (including phenoxy) is 1. The summed E-state index contributed by atoms with van der Waals surface area (Å²) in [5, 5.41) is 8.82. The Morgan fingerprint density at radius 2 is 2.11 bits per heavy atom. The summed E-state index contributed by atoms with van der Waals surface area (Å²) in [5.41, 5.74) is 6.18. The minimum absolute atomic E-state index is 0.0975. The maximum atomic E-state index is 13.7. The molecule has 0 unspecified atom stereocenters. The molecule has 0 radical (unpaired) electrons. The van der Waals surface area contributed by atoms with Gasteiger partial charge in [0.15, 0.2) is 15.9 Å². The lowest BCUT2D eigenvalue weighted by Crippen LogP contribution is -2.07. The van der Waals surface area contributed by atoms with Gasteiger partial charge in [-0.3, -0.25) is 0 Å². The molecule has 2 aromatic rings. The molecule has 0 aliphatic rings. The minimum atomic E-state index is -0.455. The maximum Gasteiger partial charge on any atom is 0.179 e. The number of aromatic nitrogens is 2. The molecular formula is C12H14FN3OS2. The van der Waals surface area contributed by atoms with E-state index in [-0.39, 0.29) is 11.9 Å². The largest absolute Gasteiger partial charge is 0.488 e. The van der Waals surface area contributed by atoms with Crippen LogP contribution in [0.15, 0.2) is 21.4 Å². The molecule has 102 valence electrons. The van der Waals surface area contributed by atoms with Crippen molar-refractivity contribution in [3.8, 4) is 5.75 Å². The molecule has 0 saturated heterocycles. The van der Waals surface area contributed by atoms with Crippen LogP contribution in [0, 0.1) is 12.7 Å². The Hall–Kier alpha value is -1.34. The third kappa shape index (κ3) is 3.57. The second-order valence-electron chi connectivity index (χ2n) is 4.18. The first-order valence-electron chi connectivity index (χ1n) is 5.69. The van der Waals surface area contributed by atoms with Crippen LogP contribution in [0.2, 0.25) is 0 Å². The summed E-state index contributed by atoms with van der Waals surface area (Å²) in [6.07, 6.45) is -0.0975. The summed E-state index contributed by atoms with van der Waals surface area (Å²) < 4.78 is 19.9. The third-order valence-corrected chi connectivity index (χ3v) is 4.09. The van der Waals surface area contributed by atoms with Crippen LogP contribution in [0.5, 0.6) is 5.75 Å². The van der Waals surface area contributed by atoms with Gasteiger partial charge in [-0.25, -0.2) is 4.39 Å². The fourth-order valence-electron chi connectivity index (χ4n) is 1.40. The smallest absolute Gasteiger partial charge is 0.179 e. The Balaban J connectivity index is 2.29. The number of rotatable bonds is 4. The van der Waals surface area contributed by atoms with Crippen LogP contribution in [0.3, 0.4) is 0 Å². The van der Waals surface area contributed by atoms with Crippen molar-refractivity contribution in [3.05, 3.63) is 23.0 Å². The van der Waals surface area contributed by atoms with Crippen molar-refractivity contribution in [2.75, 3.05) is 5.73 Å². The zero-order valence-electron chi connectivity index (χ0n) is 10.8. The first-order valence-corrected chi connectivity index (χ1v) is 7.32. The normalized spacial score (nSPS) is 11.0. The van der Waals surface area contributed by atoms with Crippen molar-refractivity contribution in [1.82, 2.24) is 10.2 Å². The van der Waals surface area contributed by atoms with E-state index < -0.39 is 5.82 Å². The fraction of sp³-hybridized carbons (Fsp3) is 0.333. The van der Waals surface area contributed by atoms with E-state index in [0.717, 1.165) is 9.35 Å². The molecule has 0 atom stereocenters. The Bertz CT molecular complexity index is 586. The summed E-state index contributed by atoms with van der Waals surface area (Å²) in [7, 11) is 0. The molecule has 19 heavy (non-hydrogen) atoms. The van der Waals surface area contributed by atoms with Gasteiger partial charge in [0.05, 0.1) is 6.10 Å².